The van der Waals surface area contributed by atoms with Crippen LogP contribution in [0.2, 0.25) is 0 Å². The molecule has 0 spiro atoms. The molecule has 6 nitrogen and oxygen atoms in total. The van der Waals surface area contributed by atoms with Gasteiger partial charge < -0.3 is 19.7 Å². The van der Waals surface area contributed by atoms with E-state index >= 15 is 0 Å². The molecule has 0 aliphatic rings. The van der Waals surface area contributed by atoms with Gasteiger partial charge in [-0.2, -0.15) is 5.26 Å². The number of fused-ring (bicyclic) bond motifs is 1. The Morgan fingerprint density at radius 3 is 2.69 bits per heavy atom. The number of aromatic nitrogens is 1. The van der Waals surface area contributed by atoms with Crippen LogP contribution < -0.4 is 10.1 Å². The van der Waals surface area contributed by atoms with Gasteiger partial charge >= 0.3 is 0 Å². The van der Waals surface area contributed by atoms with Gasteiger partial charge in [0.25, 0.3) is 5.91 Å². The highest BCUT2D eigenvalue weighted by Crippen LogP contribution is 2.26. The zero-order chi connectivity index (χ0) is 21.0. The molecule has 150 valence electrons. The standard InChI is InChI=1S/C23H25N3O3/c1-23(2,15-27)14-25-22(28)20-11-18-10-16(12-24)8-9-19(18)26(20)13-17-6-4-5-7-21(17)29-3/h4-11,27H,13-15H2,1-3H3,(H,25,28). The highest BCUT2D eigenvalue weighted by molar-refractivity contribution is 5.99. The molecule has 3 rings (SSSR count). The molecule has 29 heavy (non-hydrogen) atoms. The fraction of sp³-hybridized carbons (Fsp3) is 0.304. The second-order valence-corrected chi connectivity index (χ2v) is 7.82. The summed E-state index contributed by atoms with van der Waals surface area (Å²) in [5.41, 5.74) is 2.43. The Kier molecular flexibility index (Phi) is 5.90. The van der Waals surface area contributed by atoms with Gasteiger partial charge in [-0.25, -0.2) is 0 Å². The van der Waals surface area contributed by atoms with Crippen molar-refractivity contribution in [2.45, 2.75) is 20.4 Å². The maximum atomic E-state index is 13.0. The Morgan fingerprint density at radius 2 is 2.00 bits per heavy atom. The number of hydrogen-bond acceptors (Lipinski definition) is 4. The molecule has 1 heterocycles. The summed E-state index contributed by atoms with van der Waals surface area (Å²) >= 11 is 0. The SMILES string of the molecule is COc1ccccc1Cn1c(C(=O)NCC(C)(C)CO)cc2cc(C#N)ccc21. The number of carbonyl (C=O) groups excluding carboxylic acids is 1. The number of benzene rings is 2. The first-order valence-corrected chi connectivity index (χ1v) is 9.43. The van der Waals surface area contributed by atoms with Crippen molar-refractivity contribution in [2.24, 2.45) is 5.41 Å². The molecule has 0 aliphatic heterocycles. The fourth-order valence-electron chi connectivity index (χ4n) is 3.17. The van der Waals surface area contributed by atoms with Crippen LogP contribution in [0.25, 0.3) is 10.9 Å². The zero-order valence-corrected chi connectivity index (χ0v) is 16.9. The van der Waals surface area contributed by atoms with E-state index in [9.17, 15) is 15.2 Å². The molecule has 0 fully saturated rings. The third kappa shape index (κ3) is 4.41. The Balaban J connectivity index is 2.04. The topological polar surface area (TPSA) is 87.3 Å². The first-order chi connectivity index (χ1) is 13.9. The first kappa shape index (κ1) is 20.4. The van der Waals surface area contributed by atoms with E-state index in [2.05, 4.69) is 11.4 Å². The Morgan fingerprint density at radius 1 is 1.24 bits per heavy atom. The van der Waals surface area contributed by atoms with Crippen molar-refractivity contribution in [2.75, 3.05) is 20.3 Å². The van der Waals surface area contributed by atoms with Crippen LogP contribution in [0.15, 0.2) is 48.5 Å². The van der Waals surface area contributed by atoms with Crippen molar-refractivity contribution >= 4 is 16.8 Å². The van der Waals surface area contributed by atoms with Crippen LogP contribution in [0.1, 0.15) is 35.5 Å². The Hall–Kier alpha value is -3.30. The van der Waals surface area contributed by atoms with Gasteiger partial charge in [-0.3, -0.25) is 4.79 Å². The van der Waals surface area contributed by atoms with Crippen LogP contribution in [0.5, 0.6) is 5.75 Å². The molecule has 2 aromatic carbocycles. The molecule has 1 aromatic heterocycles. The number of nitrogens with zero attached hydrogens (tertiary/aromatic N) is 2. The van der Waals surface area contributed by atoms with Crippen molar-refractivity contribution in [3.05, 3.63) is 65.4 Å². The smallest absolute Gasteiger partial charge is 0.267 e. The zero-order valence-electron chi connectivity index (χ0n) is 16.9. The number of amides is 1. The number of nitrogens with one attached hydrogen (secondary N) is 1. The molecular weight excluding hydrogens is 366 g/mol. The van der Waals surface area contributed by atoms with E-state index in [0.717, 1.165) is 22.2 Å². The number of hydrogen-bond donors (Lipinski definition) is 2. The maximum absolute atomic E-state index is 13.0. The normalized spacial score (nSPS) is 11.3. The number of ether oxygens (including phenoxy) is 1. The van der Waals surface area contributed by atoms with Gasteiger partial charge in [0, 0.05) is 35.0 Å². The van der Waals surface area contributed by atoms with Crippen LogP contribution >= 0.6 is 0 Å². The number of nitriles is 1. The van der Waals surface area contributed by atoms with E-state index in [1.807, 2.05) is 48.7 Å². The Bertz CT molecular complexity index is 1080. The van der Waals surface area contributed by atoms with E-state index in [1.54, 1.807) is 25.3 Å². The predicted octanol–water partition coefficient (Wildman–Crippen LogP) is 3.32. The molecule has 0 bridgehead atoms. The van der Waals surface area contributed by atoms with E-state index in [0.29, 0.717) is 24.3 Å². The second kappa shape index (κ2) is 8.38. The van der Waals surface area contributed by atoms with Crippen molar-refractivity contribution in [1.29, 1.82) is 5.26 Å². The number of methoxy groups -OCH3 is 1. The van der Waals surface area contributed by atoms with Gasteiger partial charge in [-0.15, -0.1) is 0 Å². The van der Waals surface area contributed by atoms with Crippen LogP contribution in [-0.2, 0) is 6.54 Å². The van der Waals surface area contributed by atoms with E-state index in [4.69, 9.17) is 4.74 Å². The minimum absolute atomic E-state index is 0.0248. The average molecular weight is 391 g/mol. The van der Waals surface area contributed by atoms with Gasteiger partial charge in [-0.05, 0) is 30.3 Å². The van der Waals surface area contributed by atoms with Crippen molar-refractivity contribution in [1.82, 2.24) is 9.88 Å². The lowest BCUT2D eigenvalue weighted by Crippen LogP contribution is -2.36. The van der Waals surface area contributed by atoms with Crippen molar-refractivity contribution < 1.29 is 14.6 Å². The van der Waals surface area contributed by atoms with Gasteiger partial charge in [0.15, 0.2) is 0 Å². The summed E-state index contributed by atoms with van der Waals surface area (Å²) in [4.78, 5) is 13.0. The number of aliphatic hydroxyl groups is 1. The van der Waals surface area contributed by atoms with Gasteiger partial charge in [-0.1, -0.05) is 32.0 Å². The lowest BCUT2D eigenvalue weighted by Gasteiger charge is -2.22. The van der Waals surface area contributed by atoms with Crippen molar-refractivity contribution in [3.63, 3.8) is 0 Å². The summed E-state index contributed by atoms with van der Waals surface area (Å²) in [7, 11) is 1.62. The number of aliphatic hydroxyl groups excluding tert-OH is 1. The molecule has 1 amide bonds. The van der Waals surface area contributed by atoms with E-state index < -0.39 is 5.41 Å². The molecule has 6 heteroatoms. The summed E-state index contributed by atoms with van der Waals surface area (Å²) in [6.45, 7) is 4.55. The highest BCUT2D eigenvalue weighted by atomic mass is 16.5. The first-order valence-electron chi connectivity index (χ1n) is 9.43. The monoisotopic (exact) mass is 391 g/mol. The average Bonchev–Trinajstić information content (AvgIpc) is 3.10. The quantitative estimate of drug-likeness (QED) is 0.647. The molecule has 0 saturated heterocycles. The van der Waals surface area contributed by atoms with Gasteiger partial charge in [0.1, 0.15) is 11.4 Å². The number of para-hydroxylation sites is 1. The lowest BCUT2D eigenvalue weighted by atomic mass is 9.95. The summed E-state index contributed by atoms with van der Waals surface area (Å²) in [6, 6.07) is 17.0. The molecule has 0 aliphatic carbocycles. The second-order valence-electron chi connectivity index (χ2n) is 7.82. The third-order valence-electron chi connectivity index (χ3n) is 4.94. The number of rotatable bonds is 7. The Labute approximate surface area is 170 Å². The summed E-state index contributed by atoms with van der Waals surface area (Å²) in [5.74, 6) is 0.520. The third-order valence-corrected chi connectivity index (χ3v) is 4.94. The van der Waals surface area contributed by atoms with Crippen LogP contribution in [-0.4, -0.2) is 35.8 Å². The molecule has 0 unspecified atom stereocenters. The summed E-state index contributed by atoms with van der Waals surface area (Å²) < 4.78 is 7.39. The molecular formula is C23H25N3O3. The molecule has 3 aromatic rings. The molecule has 0 saturated carbocycles. The maximum Gasteiger partial charge on any atom is 0.267 e. The highest BCUT2D eigenvalue weighted by Gasteiger charge is 2.21. The molecule has 0 radical (unpaired) electrons. The van der Waals surface area contributed by atoms with Gasteiger partial charge in [0.05, 0.1) is 25.3 Å². The molecule has 0 atom stereocenters. The van der Waals surface area contributed by atoms with Crippen molar-refractivity contribution in [3.8, 4) is 11.8 Å². The van der Waals surface area contributed by atoms with Crippen LogP contribution in [0.3, 0.4) is 0 Å². The van der Waals surface area contributed by atoms with E-state index in [-0.39, 0.29) is 12.5 Å². The predicted molar refractivity (Wildman–Crippen MR) is 112 cm³/mol. The number of carbonyl (C=O) groups is 1. The fourth-order valence-corrected chi connectivity index (χ4v) is 3.17. The lowest BCUT2D eigenvalue weighted by molar-refractivity contribution is 0.0902. The minimum Gasteiger partial charge on any atom is -0.496 e. The van der Waals surface area contributed by atoms with Gasteiger partial charge in [0.2, 0.25) is 0 Å². The summed E-state index contributed by atoms with van der Waals surface area (Å²) in [6.07, 6.45) is 0. The van der Waals surface area contributed by atoms with Crippen LogP contribution in [0.4, 0.5) is 0 Å². The van der Waals surface area contributed by atoms with E-state index in [1.165, 1.54) is 0 Å². The minimum atomic E-state index is -0.414. The van der Waals surface area contributed by atoms with Crippen LogP contribution in [0, 0.1) is 16.7 Å². The largest absolute Gasteiger partial charge is 0.496 e. The summed E-state index contributed by atoms with van der Waals surface area (Å²) in [5, 5.41) is 22.4. The molecule has 2 N–H and O–H groups in total.